The maximum absolute atomic E-state index is 4.55. The first-order chi connectivity index (χ1) is 8.83. The number of amidine groups is 1. The van der Waals surface area contributed by atoms with Gasteiger partial charge in [-0.25, -0.2) is 0 Å². The molecule has 0 aliphatic carbocycles. The molecule has 100 valence electrons. The quantitative estimate of drug-likeness (QED) is 0.601. The van der Waals surface area contributed by atoms with Crippen molar-refractivity contribution in [2.75, 3.05) is 12.3 Å². The van der Waals surface area contributed by atoms with Gasteiger partial charge in [0.15, 0.2) is 5.17 Å². The van der Waals surface area contributed by atoms with Crippen LogP contribution < -0.4 is 5.32 Å². The van der Waals surface area contributed by atoms with Gasteiger partial charge in [-0.1, -0.05) is 32.0 Å². The van der Waals surface area contributed by atoms with Gasteiger partial charge in [-0.2, -0.15) is 0 Å². The standard InChI is InChI=1S/C12H20N4S2/c1-3-5-6-13-12-15-10-8-16(17-7-4-2)9-14-11(10)18-12/h8-9,11H,3-7H2,1-2H3,(H,13,15). The molecular weight excluding hydrogens is 264 g/mol. The third kappa shape index (κ3) is 3.68. The maximum atomic E-state index is 4.55. The van der Waals surface area contributed by atoms with Crippen LogP contribution in [0.2, 0.25) is 0 Å². The third-order valence-corrected chi connectivity index (χ3v) is 4.68. The molecule has 4 nitrogen and oxygen atoms in total. The van der Waals surface area contributed by atoms with E-state index in [-0.39, 0.29) is 5.37 Å². The van der Waals surface area contributed by atoms with Gasteiger partial charge in [-0.05, 0) is 24.8 Å². The van der Waals surface area contributed by atoms with E-state index < -0.39 is 0 Å². The lowest BCUT2D eigenvalue weighted by molar-refractivity contribution is 0.802. The zero-order valence-electron chi connectivity index (χ0n) is 10.9. The number of hydrogen-bond donors (Lipinski definition) is 1. The molecular formula is C12H20N4S2. The van der Waals surface area contributed by atoms with Gasteiger partial charge in [-0.3, -0.25) is 14.3 Å². The molecule has 1 atom stereocenters. The Labute approximate surface area is 118 Å². The van der Waals surface area contributed by atoms with Crippen LogP contribution >= 0.6 is 23.7 Å². The number of rotatable bonds is 6. The summed E-state index contributed by atoms with van der Waals surface area (Å²) in [5.41, 5.74) is 1.15. The topological polar surface area (TPSA) is 40.0 Å². The average Bonchev–Trinajstić information content (AvgIpc) is 2.78. The molecule has 0 saturated carbocycles. The lowest BCUT2D eigenvalue weighted by Gasteiger charge is -2.19. The molecule has 1 saturated heterocycles. The molecule has 2 heterocycles. The molecule has 0 aromatic rings. The number of aliphatic imine (C=N–C) groups is 2. The van der Waals surface area contributed by atoms with Crippen LogP contribution in [0.4, 0.5) is 0 Å². The van der Waals surface area contributed by atoms with Gasteiger partial charge in [-0.15, -0.1) is 0 Å². The number of fused-ring (bicyclic) bond motifs is 1. The molecule has 1 fully saturated rings. The van der Waals surface area contributed by atoms with E-state index in [1.54, 1.807) is 23.7 Å². The minimum absolute atomic E-state index is 0.184. The van der Waals surface area contributed by atoms with Crippen molar-refractivity contribution in [3.63, 3.8) is 0 Å². The van der Waals surface area contributed by atoms with Gasteiger partial charge in [0.25, 0.3) is 0 Å². The van der Waals surface area contributed by atoms with E-state index in [1.165, 1.54) is 12.8 Å². The van der Waals surface area contributed by atoms with Crippen LogP contribution in [0.1, 0.15) is 33.1 Å². The van der Waals surface area contributed by atoms with Crippen molar-refractivity contribution in [3.05, 3.63) is 11.9 Å². The van der Waals surface area contributed by atoms with Crippen molar-refractivity contribution < 1.29 is 0 Å². The number of thioether (sulfide) groups is 1. The molecule has 1 unspecified atom stereocenters. The smallest absolute Gasteiger partial charge is 0.163 e. The highest BCUT2D eigenvalue weighted by molar-refractivity contribution is 8.15. The minimum Gasteiger partial charge on any atom is -0.335 e. The van der Waals surface area contributed by atoms with Gasteiger partial charge < -0.3 is 5.32 Å². The summed E-state index contributed by atoms with van der Waals surface area (Å²) in [6.07, 6.45) is 7.56. The van der Waals surface area contributed by atoms with Crippen LogP contribution in [0.15, 0.2) is 21.9 Å². The fraction of sp³-hybridized carbons (Fsp3) is 0.667. The van der Waals surface area contributed by atoms with Crippen LogP contribution in [0.5, 0.6) is 0 Å². The number of unbranched alkanes of at least 4 members (excludes halogenated alkanes) is 1. The van der Waals surface area contributed by atoms with Crippen molar-refractivity contribution in [2.24, 2.45) is 9.98 Å². The molecule has 0 amide bonds. The SMILES string of the molecule is CCCCN=C1NC2=CN(SCCC)C=NC2S1. The molecule has 2 aliphatic heterocycles. The lowest BCUT2D eigenvalue weighted by atomic mass is 10.3. The van der Waals surface area contributed by atoms with Gasteiger partial charge in [0.05, 0.1) is 5.70 Å². The third-order valence-electron chi connectivity index (χ3n) is 2.53. The van der Waals surface area contributed by atoms with E-state index in [0.717, 1.165) is 29.6 Å². The van der Waals surface area contributed by atoms with Crippen molar-refractivity contribution in [1.82, 2.24) is 9.62 Å². The molecule has 0 aromatic heterocycles. The molecule has 0 aromatic carbocycles. The fourth-order valence-electron chi connectivity index (χ4n) is 1.57. The highest BCUT2D eigenvalue weighted by Gasteiger charge is 2.28. The Kier molecular flexibility index (Phi) is 5.44. The van der Waals surface area contributed by atoms with Gasteiger partial charge in [0, 0.05) is 18.5 Å². The summed E-state index contributed by atoms with van der Waals surface area (Å²) in [7, 11) is 0. The second kappa shape index (κ2) is 7.09. The van der Waals surface area contributed by atoms with E-state index >= 15 is 0 Å². The minimum atomic E-state index is 0.184. The van der Waals surface area contributed by atoms with Crippen LogP contribution in [0.3, 0.4) is 0 Å². The second-order valence-corrected chi connectivity index (χ2v) is 6.33. The zero-order valence-corrected chi connectivity index (χ0v) is 12.6. The van der Waals surface area contributed by atoms with E-state index in [1.807, 2.05) is 6.34 Å². The molecule has 0 radical (unpaired) electrons. The summed E-state index contributed by atoms with van der Waals surface area (Å²) in [6.45, 7) is 5.28. The van der Waals surface area contributed by atoms with Gasteiger partial charge in [0.1, 0.15) is 11.7 Å². The molecule has 1 N–H and O–H groups in total. The summed E-state index contributed by atoms with van der Waals surface area (Å²) < 4.78 is 2.08. The maximum Gasteiger partial charge on any atom is 0.163 e. The van der Waals surface area contributed by atoms with E-state index in [0.29, 0.717) is 0 Å². The summed E-state index contributed by atoms with van der Waals surface area (Å²) in [5.74, 6) is 1.12. The summed E-state index contributed by atoms with van der Waals surface area (Å²) in [5, 5.41) is 4.56. The van der Waals surface area contributed by atoms with Crippen molar-refractivity contribution in [2.45, 2.75) is 38.5 Å². The number of hydrogen-bond acceptors (Lipinski definition) is 5. The Morgan fingerprint density at radius 2 is 2.39 bits per heavy atom. The van der Waals surface area contributed by atoms with Crippen LogP contribution in [0.25, 0.3) is 0 Å². The van der Waals surface area contributed by atoms with E-state index in [9.17, 15) is 0 Å². The predicted molar refractivity (Wildman–Crippen MR) is 82.9 cm³/mol. The van der Waals surface area contributed by atoms with Crippen molar-refractivity contribution >= 4 is 35.2 Å². The molecule has 6 heteroatoms. The van der Waals surface area contributed by atoms with Crippen LogP contribution in [0, 0.1) is 0 Å². The highest BCUT2D eigenvalue weighted by Crippen LogP contribution is 2.31. The summed E-state index contributed by atoms with van der Waals surface area (Å²) in [4.78, 5) is 9.09. The lowest BCUT2D eigenvalue weighted by Crippen LogP contribution is -2.21. The largest absolute Gasteiger partial charge is 0.335 e. The Hall–Kier alpha value is -0.620. The molecule has 0 bridgehead atoms. The van der Waals surface area contributed by atoms with E-state index in [2.05, 4.69) is 39.7 Å². The Morgan fingerprint density at radius 3 is 3.17 bits per heavy atom. The average molecular weight is 284 g/mol. The molecule has 0 spiro atoms. The molecule has 18 heavy (non-hydrogen) atoms. The Bertz CT molecular complexity index is 365. The van der Waals surface area contributed by atoms with Crippen molar-refractivity contribution in [1.29, 1.82) is 0 Å². The van der Waals surface area contributed by atoms with Crippen LogP contribution in [-0.2, 0) is 0 Å². The Balaban J connectivity index is 1.90. The molecule has 2 aliphatic rings. The van der Waals surface area contributed by atoms with Crippen molar-refractivity contribution in [3.8, 4) is 0 Å². The normalized spacial score (nSPS) is 24.1. The van der Waals surface area contributed by atoms with Gasteiger partial charge in [0.2, 0.25) is 0 Å². The number of nitrogens with one attached hydrogen (secondary N) is 1. The highest BCUT2D eigenvalue weighted by atomic mass is 32.2. The monoisotopic (exact) mass is 284 g/mol. The fourth-order valence-corrected chi connectivity index (χ4v) is 3.19. The predicted octanol–water partition coefficient (Wildman–Crippen LogP) is 3.05. The Morgan fingerprint density at radius 1 is 1.50 bits per heavy atom. The first-order valence-electron chi connectivity index (χ1n) is 6.48. The molecule has 2 rings (SSSR count). The van der Waals surface area contributed by atoms with Gasteiger partial charge >= 0.3 is 0 Å². The first-order valence-corrected chi connectivity index (χ1v) is 8.30. The number of nitrogens with zero attached hydrogens (tertiary/aromatic N) is 3. The first kappa shape index (κ1) is 13.8. The van der Waals surface area contributed by atoms with Crippen LogP contribution in [-0.4, -0.2) is 33.5 Å². The zero-order chi connectivity index (χ0) is 12.8. The second-order valence-electron chi connectivity index (χ2n) is 4.18. The summed E-state index contributed by atoms with van der Waals surface area (Å²) >= 11 is 3.50. The summed E-state index contributed by atoms with van der Waals surface area (Å²) in [6, 6.07) is 0. The van der Waals surface area contributed by atoms with E-state index in [4.69, 9.17) is 0 Å².